The van der Waals surface area contributed by atoms with Crippen LogP contribution in [0.2, 0.25) is 0 Å². The third-order valence-electron chi connectivity index (χ3n) is 1.44. The molecular weight excluding hydrogens is 269 g/mol. The standard InChI is InChI=1S/C8H12INS/c1-5(2)8-10-7(4-11-8)6(3)9/h4-6H,1-3H3. The molecule has 1 heterocycles. The lowest BCUT2D eigenvalue weighted by Gasteiger charge is -1.98. The van der Waals surface area contributed by atoms with Gasteiger partial charge in [0.05, 0.1) is 14.6 Å². The van der Waals surface area contributed by atoms with Gasteiger partial charge in [0.1, 0.15) is 0 Å². The SMILES string of the molecule is CC(C)c1nc(C(C)I)cs1. The summed E-state index contributed by atoms with van der Waals surface area (Å²) in [5, 5.41) is 3.41. The number of thiazole rings is 1. The van der Waals surface area contributed by atoms with Crippen LogP contribution in [0.25, 0.3) is 0 Å². The first-order valence-corrected chi connectivity index (χ1v) is 5.83. The number of hydrogen-bond acceptors (Lipinski definition) is 2. The van der Waals surface area contributed by atoms with Gasteiger partial charge in [0.15, 0.2) is 0 Å². The second kappa shape index (κ2) is 3.85. The monoisotopic (exact) mass is 281 g/mol. The molecule has 0 spiro atoms. The Morgan fingerprint density at radius 3 is 2.36 bits per heavy atom. The van der Waals surface area contributed by atoms with Crippen molar-refractivity contribution in [3.05, 3.63) is 16.1 Å². The Hall–Kier alpha value is 0.360. The Kier molecular flexibility index (Phi) is 3.30. The minimum atomic E-state index is 0.538. The van der Waals surface area contributed by atoms with Gasteiger partial charge >= 0.3 is 0 Å². The van der Waals surface area contributed by atoms with Crippen LogP contribution in [0.4, 0.5) is 0 Å². The highest BCUT2D eigenvalue weighted by molar-refractivity contribution is 14.1. The summed E-state index contributed by atoms with van der Waals surface area (Å²) in [6.45, 7) is 6.53. The van der Waals surface area contributed by atoms with Crippen molar-refractivity contribution >= 4 is 33.9 Å². The first kappa shape index (κ1) is 9.45. The zero-order chi connectivity index (χ0) is 8.43. The summed E-state index contributed by atoms with van der Waals surface area (Å²) in [7, 11) is 0. The minimum Gasteiger partial charge on any atom is -0.245 e. The van der Waals surface area contributed by atoms with Gasteiger partial charge in [0.25, 0.3) is 0 Å². The van der Waals surface area contributed by atoms with E-state index in [1.807, 2.05) is 0 Å². The van der Waals surface area contributed by atoms with E-state index in [-0.39, 0.29) is 0 Å². The zero-order valence-corrected chi connectivity index (χ0v) is 9.94. The lowest BCUT2D eigenvalue weighted by Crippen LogP contribution is -1.88. The highest BCUT2D eigenvalue weighted by Crippen LogP contribution is 2.26. The highest BCUT2D eigenvalue weighted by Gasteiger charge is 2.08. The van der Waals surface area contributed by atoms with Crippen molar-refractivity contribution in [2.45, 2.75) is 30.6 Å². The fourth-order valence-electron chi connectivity index (χ4n) is 0.749. The quantitative estimate of drug-likeness (QED) is 0.594. The first-order chi connectivity index (χ1) is 5.11. The average Bonchev–Trinajstić information content (AvgIpc) is 2.33. The summed E-state index contributed by atoms with van der Waals surface area (Å²) < 4.78 is 0.538. The maximum Gasteiger partial charge on any atom is 0.0954 e. The average molecular weight is 281 g/mol. The maximum absolute atomic E-state index is 4.52. The molecule has 0 fully saturated rings. The summed E-state index contributed by atoms with van der Waals surface area (Å²) in [6, 6.07) is 0. The van der Waals surface area contributed by atoms with Crippen LogP contribution in [0.5, 0.6) is 0 Å². The molecule has 0 aliphatic rings. The lowest BCUT2D eigenvalue weighted by molar-refractivity contribution is 0.840. The molecule has 0 aliphatic carbocycles. The maximum atomic E-state index is 4.52. The van der Waals surface area contributed by atoms with Crippen LogP contribution in [0.1, 0.15) is 41.3 Å². The molecule has 0 bridgehead atoms. The molecule has 1 rings (SSSR count). The van der Waals surface area contributed by atoms with Crippen LogP contribution < -0.4 is 0 Å². The number of aromatic nitrogens is 1. The van der Waals surface area contributed by atoms with Gasteiger partial charge in [-0.2, -0.15) is 0 Å². The van der Waals surface area contributed by atoms with Gasteiger partial charge in [-0.05, 0) is 6.92 Å². The number of rotatable bonds is 2. The molecule has 11 heavy (non-hydrogen) atoms. The molecule has 1 unspecified atom stereocenters. The second-order valence-electron chi connectivity index (χ2n) is 2.88. The van der Waals surface area contributed by atoms with Crippen molar-refractivity contribution in [2.75, 3.05) is 0 Å². The van der Waals surface area contributed by atoms with Gasteiger partial charge in [0.2, 0.25) is 0 Å². The van der Waals surface area contributed by atoms with E-state index in [1.54, 1.807) is 11.3 Å². The highest BCUT2D eigenvalue weighted by atomic mass is 127. The molecule has 1 atom stereocenters. The van der Waals surface area contributed by atoms with Crippen molar-refractivity contribution < 1.29 is 0 Å². The molecule has 0 amide bonds. The van der Waals surface area contributed by atoms with Gasteiger partial charge in [-0.3, -0.25) is 0 Å². The molecule has 1 aromatic rings. The van der Waals surface area contributed by atoms with Crippen LogP contribution in [0.3, 0.4) is 0 Å². The summed E-state index contributed by atoms with van der Waals surface area (Å²) >= 11 is 4.16. The Labute approximate surface area is 85.4 Å². The summed E-state index contributed by atoms with van der Waals surface area (Å²) in [5.41, 5.74) is 1.22. The largest absolute Gasteiger partial charge is 0.245 e. The van der Waals surface area contributed by atoms with Crippen LogP contribution in [-0.2, 0) is 0 Å². The van der Waals surface area contributed by atoms with Gasteiger partial charge in [-0.1, -0.05) is 36.4 Å². The molecule has 0 aliphatic heterocycles. The minimum absolute atomic E-state index is 0.538. The molecule has 3 heteroatoms. The van der Waals surface area contributed by atoms with E-state index in [9.17, 15) is 0 Å². The molecule has 62 valence electrons. The van der Waals surface area contributed by atoms with Gasteiger partial charge in [-0.25, -0.2) is 4.98 Å². The third kappa shape index (κ3) is 2.40. The molecular formula is C8H12INS. The molecule has 0 radical (unpaired) electrons. The molecule has 1 nitrogen and oxygen atoms in total. The topological polar surface area (TPSA) is 12.9 Å². The second-order valence-corrected chi connectivity index (χ2v) is 5.64. The summed E-state index contributed by atoms with van der Waals surface area (Å²) in [4.78, 5) is 4.52. The molecule has 0 saturated heterocycles. The van der Waals surface area contributed by atoms with Gasteiger partial charge in [0, 0.05) is 11.3 Å². The first-order valence-electron chi connectivity index (χ1n) is 3.70. The number of halogens is 1. The van der Waals surface area contributed by atoms with Crippen molar-refractivity contribution in [3.8, 4) is 0 Å². The number of nitrogens with zero attached hydrogens (tertiary/aromatic N) is 1. The van der Waals surface area contributed by atoms with E-state index in [4.69, 9.17) is 0 Å². The van der Waals surface area contributed by atoms with Gasteiger partial charge < -0.3 is 0 Å². The van der Waals surface area contributed by atoms with E-state index in [2.05, 4.69) is 53.7 Å². The van der Waals surface area contributed by atoms with Gasteiger partial charge in [-0.15, -0.1) is 11.3 Å². The van der Waals surface area contributed by atoms with E-state index in [0.717, 1.165) is 0 Å². The van der Waals surface area contributed by atoms with Crippen LogP contribution in [-0.4, -0.2) is 4.98 Å². The molecule has 0 saturated carbocycles. The Morgan fingerprint density at radius 1 is 1.45 bits per heavy atom. The summed E-state index contributed by atoms with van der Waals surface area (Å²) in [6.07, 6.45) is 0. The molecule has 0 aromatic carbocycles. The third-order valence-corrected chi connectivity index (χ3v) is 3.24. The van der Waals surface area contributed by atoms with E-state index < -0.39 is 0 Å². The Morgan fingerprint density at radius 2 is 2.09 bits per heavy atom. The fraction of sp³-hybridized carbons (Fsp3) is 0.625. The van der Waals surface area contributed by atoms with Crippen molar-refractivity contribution in [1.82, 2.24) is 4.98 Å². The molecule has 1 aromatic heterocycles. The number of alkyl halides is 1. The lowest BCUT2D eigenvalue weighted by atomic mass is 10.2. The van der Waals surface area contributed by atoms with Crippen LogP contribution in [0, 0.1) is 0 Å². The Balaban J connectivity index is 2.82. The van der Waals surface area contributed by atoms with E-state index >= 15 is 0 Å². The predicted octanol–water partition coefficient (Wildman–Crippen LogP) is 3.76. The van der Waals surface area contributed by atoms with Crippen LogP contribution >= 0.6 is 33.9 Å². The zero-order valence-electron chi connectivity index (χ0n) is 6.97. The Bertz CT molecular complexity index is 207. The fourth-order valence-corrected chi connectivity index (χ4v) is 2.24. The molecule has 0 N–H and O–H groups in total. The van der Waals surface area contributed by atoms with Crippen molar-refractivity contribution in [1.29, 1.82) is 0 Å². The smallest absolute Gasteiger partial charge is 0.0954 e. The number of hydrogen-bond donors (Lipinski definition) is 0. The normalized spacial score (nSPS) is 13.9. The summed E-state index contributed by atoms with van der Waals surface area (Å²) in [5.74, 6) is 0.573. The van der Waals surface area contributed by atoms with Crippen molar-refractivity contribution in [3.63, 3.8) is 0 Å². The van der Waals surface area contributed by atoms with E-state index in [0.29, 0.717) is 9.84 Å². The van der Waals surface area contributed by atoms with Crippen molar-refractivity contribution in [2.24, 2.45) is 0 Å². The van der Waals surface area contributed by atoms with Crippen LogP contribution in [0.15, 0.2) is 5.38 Å². The van der Waals surface area contributed by atoms with E-state index in [1.165, 1.54) is 10.7 Å². The predicted molar refractivity (Wildman–Crippen MR) is 58.6 cm³/mol.